The molecule has 0 saturated carbocycles. The van der Waals surface area contributed by atoms with Crippen LogP contribution in [0.25, 0.3) is 0 Å². The SMILES string of the molecule is CN(CCCNC(=O)N1CCC(CO)CC1)c1ccccc1. The van der Waals surface area contributed by atoms with Gasteiger partial charge in [-0.05, 0) is 37.3 Å². The summed E-state index contributed by atoms with van der Waals surface area (Å²) in [5.41, 5.74) is 1.19. The number of hydrogen-bond acceptors (Lipinski definition) is 3. The lowest BCUT2D eigenvalue weighted by molar-refractivity contribution is 0.137. The molecule has 0 bridgehead atoms. The largest absolute Gasteiger partial charge is 0.396 e. The van der Waals surface area contributed by atoms with Crippen LogP contribution in [0.3, 0.4) is 0 Å². The van der Waals surface area contributed by atoms with Crippen LogP contribution in [0.15, 0.2) is 30.3 Å². The van der Waals surface area contributed by atoms with Crippen molar-refractivity contribution in [1.29, 1.82) is 0 Å². The van der Waals surface area contributed by atoms with E-state index in [4.69, 9.17) is 5.11 Å². The molecule has 2 rings (SSSR count). The lowest BCUT2D eigenvalue weighted by Gasteiger charge is -2.31. The first-order valence-corrected chi connectivity index (χ1v) is 8.10. The van der Waals surface area contributed by atoms with E-state index in [0.717, 1.165) is 38.9 Å². The van der Waals surface area contributed by atoms with Crippen LogP contribution in [-0.2, 0) is 0 Å². The topological polar surface area (TPSA) is 55.8 Å². The van der Waals surface area contributed by atoms with E-state index in [-0.39, 0.29) is 12.6 Å². The molecule has 0 radical (unpaired) electrons. The monoisotopic (exact) mass is 305 g/mol. The molecule has 0 aromatic heterocycles. The van der Waals surface area contributed by atoms with Gasteiger partial charge in [-0.1, -0.05) is 18.2 Å². The molecular weight excluding hydrogens is 278 g/mol. The molecule has 0 unspecified atom stereocenters. The molecule has 122 valence electrons. The highest BCUT2D eigenvalue weighted by molar-refractivity contribution is 5.74. The molecule has 1 saturated heterocycles. The summed E-state index contributed by atoms with van der Waals surface area (Å²) in [7, 11) is 2.07. The number of rotatable bonds is 6. The van der Waals surface area contributed by atoms with Crippen molar-refractivity contribution in [3.8, 4) is 0 Å². The van der Waals surface area contributed by atoms with Gasteiger partial charge in [0.15, 0.2) is 0 Å². The van der Waals surface area contributed by atoms with Gasteiger partial charge in [0.25, 0.3) is 0 Å². The zero-order chi connectivity index (χ0) is 15.8. The Hall–Kier alpha value is -1.75. The average Bonchev–Trinajstić information content (AvgIpc) is 2.59. The molecule has 5 nitrogen and oxygen atoms in total. The second-order valence-electron chi connectivity index (χ2n) is 5.96. The van der Waals surface area contributed by atoms with Gasteiger partial charge in [-0.25, -0.2) is 4.79 Å². The highest BCUT2D eigenvalue weighted by atomic mass is 16.3. The summed E-state index contributed by atoms with van der Waals surface area (Å²) in [6.45, 7) is 3.34. The molecule has 0 atom stereocenters. The highest BCUT2D eigenvalue weighted by Crippen LogP contribution is 2.16. The zero-order valence-electron chi connectivity index (χ0n) is 13.4. The normalized spacial score (nSPS) is 15.6. The highest BCUT2D eigenvalue weighted by Gasteiger charge is 2.21. The third-order valence-electron chi connectivity index (χ3n) is 4.30. The number of piperidine rings is 1. The van der Waals surface area contributed by atoms with Crippen molar-refractivity contribution in [1.82, 2.24) is 10.2 Å². The van der Waals surface area contributed by atoms with Crippen LogP contribution in [0.4, 0.5) is 10.5 Å². The van der Waals surface area contributed by atoms with E-state index in [9.17, 15) is 4.79 Å². The Kier molecular flexibility index (Phi) is 6.52. The Morgan fingerprint density at radius 1 is 1.32 bits per heavy atom. The third-order valence-corrected chi connectivity index (χ3v) is 4.30. The first kappa shape index (κ1) is 16.6. The molecule has 1 aromatic rings. The van der Waals surface area contributed by atoms with E-state index in [2.05, 4.69) is 29.4 Å². The maximum atomic E-state index is 12.0. The Labute approximate surface area is 132 Å². The van der Waals surface area contributed by atoms with E-state index < -0.39 is 0 Å². The van der Waals surface area contributed by atoms with Crippen LogP contribution in [0.2, 0.25) is 0 Å². The Bertz CT molecular complexity index is 444. The second-order valence-corrected chi connectivity index (χ2v) is 5.96. The molecule has 1 aliphatic heterocycles. The molecule has 0 spiro atoms. The first-order chi connectivity index (χ1) is 10.7. The molecule has 1 fully saturated rings. The van der Waals surface area contributed by atoms with Crippen molar-refractivity contribution in [2.45, 2.75) is 19.3 Å². The van der Waals surface area contributed by atoms with Crippen molar-refractivity contribution < 1.29 is 9.90 Å². The van der Waals surface area contributed by atoms with Gasteiger partial charge >= 0.3 is 6.03 Å². The number of urea groups is 1. The number of hydrogen-bond donors (Lipinski definition) is 2. The van der Waals surface area contributed by atoms with Crippen LogP contribution < -0.4 is 10.2 Å². The minimum atomic E-state index is 0.0266. The predicted molar refractivity (Wildman–Crippen MR) is 89.1 cm³/mol. The number of benzene rings is 1. The van der Waals surface area contributed by atoms with Crippen LogP contribution >= 0.6 is 0 Å². The number of anilines is 1. The minimum absolute atomic E-state index is 0.0266. The zero-order valence-corrected chi connectivity index (χ0v) is 13.4. The molecule has 1 aliphatic rings. The van der Waals surface area contributed by atoms with Gasteiger partial charge in [0.05, 0.1) is 0 Å². The second kappa shape index (κ2) is 8.63. The summed E-state index contributed by atoms with van der Waals surface area (Å²) >= 11 is 0. The fourth-order valence-corrected chi connectivity index (χ4v) is 2.75. The maximum absolute atomic E-state index is 12.0. The number of carbonyl (C=O) groups excluding carboxylic acids is 1. The smallest absolute Gasteiger partial charge is 0.317 e. The number of nitrogens with one attached hydrogen (secondary N) is 1. The number of aliphatic hydroxyl groups excluding tert-OH is 1. The number of para-hydroxylation sites is 1. The van der Waals surface area contributed by atoms with Crippen LogP contribution in [0.5, 0.6) is 0 Å². The van der Waals surface area contributed by atoms with Gasteiger partial charge in [0, 0.05) is 45.5 Å². The Balaban J connectivity index is 1.61. The lowest BCUT2D eigenvalue weighted by atomic mass is 9.98. The van der Waals surface area contributed by atoms with Crippen LogP contribution in [0.1, 0.15) is 19.3 Å². The molecule has 2 amide bonds. The quantitative estimate of drug-likeness (QED) is 0.790. The van der Waals surface area contributed by atoms with Crippen molar-refractivity contribution in [2.24, 2.45) is 5.92 Å². The standard InChI is InChI=1S/C17H27N3O2/c1-19(16-6-3-2-4-7-16)11-5-10-18-17(22)20-12-8-15(14-21)9-13-20/h2-4,6-7,15,21H,5,8-14H2,1H3,(H,18,22). The van der Waals surface area contributed by atoms with E-state index in [1.807, 2.05) is 23.1 Å². The maximum Gasteiger partial charge on any atom is 0.317 e. The molecule has 1 aromatic carbocycles. The number of likely N-dealkylation sites (tertiary alicyclic amines) is 1. The van der Waals surface area contributed by atoms with Crippen molar-refractivity contribution in [2.75, 3.05) is 44.7 Å². The molecular formula is C17H27N3O2. The van der Waals surface area contributed by atoms with Gasteiger partial charge in [-0.15, -0.1) is 0 Å². The number of carbonyl (C=O) groups is 1. The van der Waals surface area contributed by atoms with Crippen LogP contribution in [-0.4, -0.2) is 55.9 Å². The summed E-state index contributed by atoms with van der Waals surface area (Å²) in [4.78, 5) is 16.1. The Morgan fingerprint density at radius 2 is 2.00 bits per heavy atom. The third kappa shape index (κ3) is 4.91. The Morgan fingerprint density at radius 3 is 2.64 bits per heavy atom. The van der Waals surface area contributed by atoms with Gasteiger partial charge in [0.2, 0.25) is 0 Å². The number of aliphatic hydroxyl groups is 1. The van der Waals surface area contributed by atoms with E-state index >= 15 is 0 Å². The van der Waals surface area contributed by atoms with Crippen LogP contribution in [0, 0.1) is 5.92 Å². The summed E-state index contributed by atoms with van der Waals surface area (Å²) in [6.07, 6.45) is 2.73. The van der Waals surface area contributed by atoms with E-state index in [1.54, 1.807) is 0 Å². The molecule has 1 heterocycles. The summed E-state index contributed by atoms with van der Waals surface area (Å²) < 4.78 is 0. The minimum Gasteiger partial charge on any atom is -0.396 e. The fraction of sp³-hybridized carbons (Fsp3) is 0.588. The van der Waals surface area contributed by atoms with Gasteiger partial charge in [0.1, 0.15) is 0 Å². The van der Waals surface area contributed by atoms with Crippen molar-refractivity contribution in [3.05, 3.63) is 30.3 Å². The van der Waals surface area contributed by atoms with Crippen molar-refractivity contribution in [3.63, 3.8) is 0 Å². The van der Waals surface area contributed by atoms with Gasteiger partial charge < -0.3 is 20.2 Å². The summed E-state index contributed by atoms with van der Waals surface area (Å²) in [5.74, 6) is 0.364. The lowest BCUT2D eigenvalue weighted by Crippen LogP contribution is -2.45. The van der Waals surface area contributed by atoms with Gasteiger partial charge in [-0.2, -0.15) is 0 Å². The van der Waals surface area contributed by atoms with Crippen molar-refractivity contribution >= 4 is 11.7 Å². The number of nitrogens with zero attached hydrogens (tertiary/aromatic N) is 2. The van der Waals surface area contributed by atoms with E-state index in [0.29, 0.717) is 12.5 Å². The van der Waals surface area contributed by atoms with E-state index in [1.165, 1.54) is 5.69 Å². The molecule has 2 N–H and O–H groups in total. The first-order valence-electron chi connectivity index (χ1n) is 8.10. The molecule has 22 heavy (non-hydrogen) atoms. The predicted octanol–water partition coefficient (Wildman–Crippen LogP) is 1.93. The summed E-state index contributed by atoms with van der Waals surface area (Å²) in [6, 6.07) is 10.3. The number of amides is 2. The van der Waals surface area contributed by atoms with Gasteiger partial charge in [-0.3, -0.25) is 0 Å². The average molecular weight is 305 g/mol. The summed E-state index contributed by atoms with van der Waals surface area (Å²) in [5, 5.41) is 12.1. The molecule has 5 heteroatoms. The fourth-order valence-electron chi connectivity index (χ4n) is 2.75. The molecule has 0 aliphatic carbocycles.